The van der Waals surface area contributed by atoms with Crippen molar-refractivity contribution >= 4 is 21.8 Å². The lowest BCUT2D eigenvalue weighted by Crippen LogP contribution is -2.16. The van der Waals surface area contributed by atoms with Gasteiger partial charge in [-0.3, -0.25) is 4.98 Å². The van der Waals surface area contributed by atoms with Crippen LogP contribution in [0.25, 0.3) is 94.6 Å². The van der Waals surface area contributed by atoms with Crippen molar-refractivity contribution in [2.24, 2.45) is 0 Å². The summed E-state index contributed by atoms with van der Waals surface area (Å²) in [6.45, 7) is 13.5. The predicted octanol–water partition coefficient (Wildman–Crippen LogP) is 16.9. The van der Waals surface area contributed by atoms with E-state index in [1.807, 2.05) is 72.9 Å². The first-order chi connectivity index (χ1) is 32.5. The van der Waals surface area contributed by atoms with Gasteiger partial charge in [0.25, 0.3) is 0 Å². The normalized spacial score (nSPS) is 12.2. The highest BCUT2D eigenvalue weighted by atomic mass is 19.4. The van der Waals surface area contributed by atoms with Crippen LogP contribution < -0.4 is 0 Å². The minimum Gasteiger partial charge on any atom is -0.507 e. The molecule has 68 heavy (non-hydrogen) atoms. The van der Waals surface area contributed by atoms with E-state index in [1.165, 1.54) is 23.3 Å². The fraction of sp³-hybridized carbons (Fsp3) is 0.148. The maximum absolute atomic E-state index is 13.5. The molecule has 3 heterocycles. The van der Waals surface area contributed by atoms with E-state index >= 15 is 0 Å². The number of benzene rings is 7. The molecule has 0 aliphatic rings. The number of alkyl halides is 3. The molecule has 10 rings (SSSR count). The van der Waals surface area contributed by atoms with Gasteiger partial charge in [0.05, 0.1) is 33.7 Å². The molecule has 0 amide bonds. The minimum absolute atomic E-state index is 0.0756. The molecule has 3 aromatic heterocycles. The molecule has 0 saturated carbocycles. The van der Waals surface area contributed by atoms with Crippen molar-refractivity contribution in [2.75, 3.05) is 0 Å². The monoisotopic (exact) mass is 897 g/mol. The summed E-state index contributed by atoms with van der Waals surface area (Å²) in [7, 11) is 0. The lowest BCUT2D eigenvalue weighted by Gasteiger charge is -2.26. The van der Waals surface area contributed by atoms with Crippen molar-refractivity contribution in [2.45, 2.75) is 58.5 Å². The Morgan fingerprint density at radius 2 is 1.01 bits per heavy atom. The average molecular weight is 898 g/mol. The van der Waals surface area contributed by atoms with Crippen LogP contribution in [-0.4, -0.2) is 19.6 Å². The number of nitrogens with zero attached hydrogens (tertiary/aromatic N) is 3. The van der Waals surface area contributed by atoms with Gasteiger partial charge < -0.3 is 9.67 Å². The van der Waals surface area contributed by atoms with E-state index in [-0.39, 0.29) is 16.6 Å². The molecule has 0 radical (unpaired) electrons. The molecule has 0 aliphatic carbocycles. The van der Waals surface area contributed by atoms with Crippen LogP contribution in [0.15, 0.2) is 188 Å². The standard InChI is InChI=1S/C61H50F3N3O/c1-59(2,3)46-31-43(32-47(37-46)60(4,5)6)44-35-54(66-55(36-44)52-19-8-10-23-57(52)68)42-16-11-15-41(30-42)53-34-40(28-29-65-53)49-20-13-21-51-50-18-7-9-22-56(50)67(58(49)51)48-17-12-14-39(33-48)38-24-26-45(27-25-38)61(62,63)64/h7-37,68H,1-6H3. The summed E-state index contributed by atoms with van der Waals surface area (Å²) in [5.41, 5.74) is 14.9. The molecule has 0 unspecified atom stereocenters. The van der Waals surface area contributed by atoms with Gasteiger partial charge in [0.1, 0.15) is 5.75 Å². The first kappa shape index (κ1) is 44.1. The molecular weight excluding hydrogens is 848 g/mol. The van der Waals surface area contributed by atoms with Crippen LogP contribution in [0.4, 0.5) is 13.2 Å². The van der Waals surface area contributed by atoms with E-state index in [4.69, 9.17) is 9.97 Å². The van der Waals surface area contributed by atoms with E-state index in [0.29, 0.717) is 16.8 Å². The Morgan fingerprint density at radius 3 is 1.74 bits per heavy atom. The van der Waals surface area contributed by atoms with Gasteiger partial charge >= 0.3 is 6.18 Å². The molecule has 0 atom stereocenters. The first-order valence-corrected chi connectivity index (χ1v) is 22.8. The van der Waals surface area contributed by atoms with Crippen LogP contribution in [0.1, 0.15) is 58.2 Å². The Hall–Kier alpha value is -7.77. The Kier molecular flexibility index (Phi) is 10.9. The molecule has 0 saturated heterocycles. The summed E-state index contributed by atoms with van der Waals surface area (Å²) in [5.74, 6) is 0.164. The second-order valence-corrected chi connectivity index (χ2v) is 19.6. The van der Waals surface area contributed by atoms with Crippen LogP contribution in [-0.2, 0) is 17.0 Å². The van der Waals surface area contributed by atoms with E-state index in [9.17, 15) is 18.3 Å². The molecule has 0 fully saturated rings. The number of hydrogen-bond donors (Lipinski definition) is 1. The van der Waals surface area contributed by atoms with Crippen molar-refractivity contribution in [1.29, 1.82) is 0 Å². The topological polar surface area (TPSA) is 50.9 Å². The summed E-state index contributed by atoms with van der Waals surface area (Å²) < 4.78 is 42.6. The third-order valence-corrected chi connectivity index (χ3v) is 12.9. The zero-order chi connectivity index (χ0) is 47.5. The quantitative estimate of drug-likeness (QED) is 0.173. The minimum atomic E-state index is -4.41. The lowest BCUT2D eigenvalue weighted by molar-refractivity contribution is -0.137. The van der Waals surface area contributed by atoms with Gasteiger partial charge in [-0.25, -0.2) is 4.98 Å². The number of hydrogen-bond acceptors (Lipinski definition) is 3. The van der Waals surface area contributed by atoms with Crippen molar-refractivity contribution in [3.8, 4) is 78.6 Å². The number of phenols is 1. The third kappa shape index (κ3) is 8.45. The van der Waals surface area contributed by atoms with Gasteiger partial charge in [-0.05, 0) is 123 Å². The van der Waals surface area contributed by atoms with E-state index in [1.54, 1.807) is 6.07 Å². The van der Waals surface area contributed by atoms with Gasteiger partial charge in [0, 0.05) is 44.9 Å². The number of fused-ring (bicyclic) bond motifs is 3. The molecule has 7 heteroatoms. The van der Waals surface area contributed by atoms with Crippen LogP contribution in [0.3, 0.4) is 0 Å². The molecular formula is C61H50F3N3O. The van der Waals surface area contributed by atoms with E-state index in [2.05, 4.69) is 131 Å². The maximum atomic E-state index is 13.5. The Balaban J connectivity index is 1.09. The highest BCUT2D eigenvalue weighted by molar-refractivity contribution is 6.14. The van der Waals surface area contributed by atoms with E-state index in [0.717, 1.165) is 90.0 Å². The molecule has 0 bridgehead atoms. The number of pyridine rings is 2. The molecule has 4 nitrogen and oxygen atoms in total. The number of para-hydroxylation sites is 3. The number of phenolic OH excluding ortho intramolecular Hbond substituents is 1. The molecule has 0 spiro atoms. The Bertz CT molecular complexity index is 3500. The maximum Gasteiger partial charge on any atom is 0.416 e. The van der Waals surface area contributed by atoms with Gasteiger partial charge in [-0.2, -0.15) is 13.2 Å². The average Bonchev–Trinajstić information content (AvgIpc) is 3.68. The van der Waals surface area contributed by atoms with Gasteiger partial charge in [0.15, 0.2) is 0 Å². The summed E-state index contributed by atoms with van der Waals surface area (Å²) in [6.07, 6.45) is -2.56. The summed E-state index contributed by atoms with van der Waals surface area (Å²) >= 11 is 0. The Labute approximate surface area is 395 Å². The highest BCUT2D eigenvalue weighted by Gasteiger charge is 2.30. The fourth-order valence-corrected chi connectivity index (χ4v) is 9.12. The highest BCUT2D eigenvalue weighted by Crippen LogP contribution is 2.42. The van der Waals surface area contributed by atoms with Crippen LogP contribution in [0, 0.1) is 0 Å². The fourth-order valence-electron chi connectivity index (χ4n) is 9.12. The van der Waals surface area contributed by atoms with Crippen molar-refractivity contribution in [3.05, 3.63) is 205 Å². The predicted molar refractivity (Wildman–Crippen MR) is 273 cm³/mol. The largest absolute Gasteiger partial charge is 0.507 e. The summed E-state index contributed by atoms with van der Waals surface area (Å²) in [5, 5.41) is 13.3. The van der Waals surface area contributed by atoms with Gasteiger partial charge in [-0.1, -0.05) is 151 Å². The second kappa shape index (κ2) is 16.8. The number of aromatic hydroxyl groups is 1. The Morgan fingerprint density at radius 1 is 0.426 bits per heavy atom. The van der Waals surface area contributed by atoms with Crippen LogP contribution in [0.2, 0.25) is 0 Å². The second-order valence-electron chi connectivity index (χ2n) is 19.6. The molecule has 1 N–H and O–H groups in total. The summed E-state index contributed by atoms with van der Waals surface area (Å²) in [4.78, 5) is 10.1. The van der Waals surface area contributed by atoms with Crippen molar-refractivity contribution in [1.82, 2.24) is 14.5 Å². The van der Waals surface area contributed by atoms with Gasteiger partial charge in [0.2, 0.25) is 0 Å². The smallest absolute Gasteiger partial charge is 0.416 e. The molecule has 7 aromatic carbocycles. The molecule has 0 aliphatic heterocycles. The van der Waals surface area contributed by atoms with Crippen molar-refractivity contribution in [3.63, 3.8) is 0 Å². The van der Waals surface area contributed by atoms with Crippen LogP contribution in [0.5, 0.6) is 5.75 Å². The van der Waals surface area contributed by atoms with Crippen LogP contribution >= 0.6 is 0 Å². The summed E-state index contributed by atoms with van der Waals surface area (Å²) in [6, 6.07) is 58.8. The molecule has 336 valence electrons. The molecule has 10 aromatic rings. The SMILES string of the molecule is CC(C)(C)c1cc(-c2cc(-c3cccc(-c4cc(-c5cccc6c7ccccc7n(-c7cccc(-c8ccc(C(F)(F)F)cc8)c7)c56)ccn4)c3)nc(-c3ccccc3O)c2)cc(C(C)(C)C)c1. The first-order valence-electron chi connectivity index (χ1n) is 22.8. The number of aromatic nitrogens is 3. The van der Waals surface area contributed by atoms with E-state index < -0.39 is 11.7 Å². The zero-order valence-corrected chi connectivity index (χ0v) is 38.8. The lowest BCUT2D eigenvalue weighted by atomic mass is 9.79. The number of halogens is 3. The third-order valence-electron chi connectivity index (χ3n) is 12.9. The number of rotatable bonds is 7. The zero-order valence-electron chi connectivity index (χ0n) is 38.8. The van der Waals surface area contributed by atoms with Crippen molar-refractivity contribution < 1.29 is 18.3 Å². The van der Waals surface area contributed by atoms with Gasteiger partial charge in [-0.15, -0.1) is 0 Å².